The molecule has 0 aliphatic rings. The number of ether oxygens (including phenoxy) is 1. The van der Waals surface area contributed by atoms with E-state index in [1.54, 1.807) is 18.2 Å². The number of rotatable bonds is 4. The molecule has 2 N–H and O–H groups in total. The molecule has 0 heterocycles. The first-order chi connectivity index (χ1) is 7.10. The highest BCUT2D eigenvalue weighted by Crippen LogP contribution is 2.31. The van der Waals surface area contributed by atoms with Crippen LogP contribution in [-0.4, -0.2) is 20.1 Å². The van der Waals surface area contributed by atoms with Crippen LogP contribution in [0.4, 0.5) is 8.78 Å². The lowest BCUT2D eigenvalue weighted by atomic mass is 9.97. The SMILES string of the molecule is COc1cc(C)ccc1C(CN)C(F)F. The van der Waals surface area contributed by atoms with E-state index in [2.05, 4.69) is 0 Å². The average molecular weight is 215 g/mol. The second kappa shape index (κ2) is 5.07. The van der Waals surface area contributed by atoms with Crippen molar-refractivity contribution in [3.63, 3.8) is 0 Å². The molecule has 1 aromatic carbocycles. The van der Waals surface area contributed by atoms with Crippen molar-refractivity contribution in [1.29, 1.82) is 0 Å². The molecule has 0 radical (unpaired) electrons. The summed E-state index contributed by atoms with van der Waals surface area (Å²) in [7, 11) is 1.47. The van der Waals surface area contributed by atoms with Gasteiger partial charge in [0.1, 0.15) is 5.75 Å². The molecule has 1 unspecified atom stereocenters. The smallest absolute Gasteiger partial charge is 0.246 e. The Balaban J connectivity index is 3.11. The van der Waals surface area contributed by atoms with Crippen molar-refractivity contribution in [2.45, 2.75) is 19.3 Å². The zero-order valence-electron chi connectivity index (χ0n) is 8.84. The molecular weight excluding hydrogens is 200 g/mol. The van der Waals surface area contributed by atoms with Gasteiger partial charge in [0.05, 0.1) is 13.0 Å². The molecule has 0 aliphatic heterocycles. The quantitative estimate of drug-likeness (QED) is 0.836. The fraction of sp³-hybridized carbons (Fsp3) is 0.455. The summed E-state index contributed by atoms with van der Waals surface area (Å²) < 4.78 is 30.4. The van der Waals surface area contributed by atoms with Crippen LogP contribution in [0.2, 0.25) is 0 Å². The molecule has 1 rings (SSSR count). The van der Waals surface area contributed by atoms with E-state index in [1.807, 2.05) is 6.92 Å². The van der Waals surface area contributed by atoms with E-state index in [0.717, 1.165) is 5.56 Å². The molecule has 0 saturated carbocycles. The first kappa shape index (κ1) is 11.9. The topological polar surface area (TPSA) is 35.2 Å². The fourth-order valence-electron chi connectivity index (χ4n) is 1.49. The molecular formula is C11H15F2NO. The molecule has 15 heavy (non-hydrogen) atoms. The third-order valence-electron chi connectivity index (χ3n) is 2.35. The highest BCUT2D eigenvalue weighted by atomic mass is 19.3. The Labute approximate surface area is 88.0 Å². The summed E-state index contributed by atoms with van der Waals surface area (Å²) in [5, 5.41) is 0. The van der Waals surface area contributed by atoms with Crippen LogP contribution in [0.3, 0.4) is 0 Å². The fourth-order valence-corrected chi connectivity index (χ4v) is 1.49. The molecule has 1 atom stereocenters. The van der Waals surface area contributed by atoms with Crippen LogP contribution in [0.1, 0.15) is 17.0 Å². The molecule has 0 aliphatic carbocycles. The van der Waals surface area contributed by atoms with Gasteiger partial charge in [0.2, 0.25) is 6.43 Å². The second-order valence-corrected chi connectivity index (χ2v) is 3.42. The molecule has 0 fully saturated rings. The minimum atomic E-state index is -2.47. The van der Waals surface area contributed by atoms with Gasteiger partial charge in [-0.25, -0.2) is 8.78 Å². The first-order valence-corrected chi connectivity index (χ1v) is 4.73. The van der Waals surface area contributed by atoms with Crippen molar-refractivity contribution >= 4 is 0 Å². The Kier molecular flexibility index (Phi) is 4.03. The molecule has 84 valence electrons. The Morgan fingerprint density at radius 2 is 2.07 bits per heavy atom. The number of halogens is 2. The number of hydrogen-bond donors (Lipinski definition) is 1. The largest absolute Gasteiger partial charge is 0.496 e. The standard InChI is InChI=1S/C11H15F2NO/c1-7-3-4-8(10(5-7)15-2)9(6-14)11(12)13/h3-5,9,11H,6,14H2,1-2H3. The van der Waals surface area contributed by atoms with E-state index in [1.165, 1.54) is 7.11 Å². The molecule has 0 spiro atoms. The Bertz CT molecular complexity index is 328. The van der Waals surface area contributed by atoms with E-state index in [4.69, 9.17) is 10.5 Å². The average Bonchev–Trinajstić information content (AvgIpc) is 2.20. The van der Waals surface area contributed by atoms with Gasteiger partial charge in [0.15, 0.2) is 0 Å². The predicted octanol–water partition coefficient (Wildman–Crippen LogP) is 2.31. The van der Waals surface area contributed by atoms with Crippen LogP contribution in [0.15, 0.2) is 18.2 Å². The van der Waals surface area contributed by atoms with Gasteiger partial charge in [0.25, 0.3) is 0 Å². The van der Waals surface area contributed by atoms with Gasteiger partial charge in [0, 0.05) is 12.1 Å². The van der Waals surface area contributed by atoms with Crippen molar-refractivity contribution in [2.75, 3.05) is 13.7 Å². The lowest BCUT2D eigenvalue weighted by Crippen LogP contribution is -2.20. The van der Waals surface area contributed by atoms with Crippen molar-refractivity contribution in [3.8, 4) is 5.75 Å². The number of benzene rings is 1. The maximum absolute atomic E-state index is 12.7. The van der Waals surface area contributed by atoms with Crippen LogP contribution < -0.4 is 10.5 Å². The van der Waals surface area contributed by atoms with E-state index in [-0.39, 0.29) is 6.54 Å². The normalized spacial score (nSPS) is 12.9. The van der Waals surface area contributed by atoms with Gasteiger partial charge < -0.3 is 10.5 Å². The van der Waals surface area contributed by atoms with E-state index < -0.39 is 12.3 Å². The van der Waals surface area contributed by atoms with Crippen molar-refractivity contribution in [1.82, 2.24) is 0 Å². The van der Waals surface area contributed by atoms with Gasteiger partial charge in [-0.3, -0.25) is 0 Å². The summed E-state index contributed by atoms with van der Waals surface area (Å²) in [5.41, 5.74) is 6.78. The number of hydrogen-bond acceptors (Lipinski definition) is 2. The number of methoxy groups -OCH3 is 1. The number of aryl methyl sites for hydroxylation is 1. The van der Waals surface area contributed by atoms with E-state index >= 15 is 0 Å². The minimum absolute atomic E-state index is 0.0862. The van der Waals surface area contributed by atoms with Gasteiger partial charge in [-0.05, 0) is 18.6 Å². The Hall–Kier alpha value is -1.16. The van der Waals surface area contributed by atoms with Crippen LogP contribution in [-0.2, 0) is 0 Å². The summed E-state index contributed by atoms with van der Waals surface area (Å²) in [5.74, 6) is -0.480. The van der Waals surface area contributed by atoms with E-state index in [0.29, 0.717) is 11.3 Å². The lowest BCUT2D eigenvalue weighted by Gasteiger charge is -2.17. The highest BCUT2D eigenvalue weighted by molar-refractivity contribution is 5.40. The molecule has 0 aromatic heterocycles. The first-order valence-electron chi connectivity index (χ1n) is 4.73. The zero-order valence-corrected chi connectivity index (χ0v) is 8.84. The van der Waals surface area contributed by atoms with Gasteiger partial charge in [-0.1, -0.05) is 12.1 Å². The summed E-state index contributed by atoms with van der Waals surface area (Å²) >= 11 is 0. The zero-order chi connectivity index (χ0) is 11.4. The van der Waals surface area contributed by atoms with Gasteiger partial charge >= 0.3 is 0 Å². The number of alkyl halides is 2. The molecule has 0 saturated heterocycles. The molecule has 2 nitrogen and oxygen atoms in total. The van der Waals surface area contributed by atoms with Crippen LogP contribution >= 0.6 is 0 Å². The third-order valence-corrected chi connectivity index (χ3v) is 2.35. The van der Waals surface area contributed by atoms with Crippen molar-refractivity contribution in [2.24, 2.45) is 5.73 Å². The molecule has 1 aromatic rings. The number of nitrogens with two attached hydrogens (primary N) is 1. The van der Waals surface area contributed by atoms with Crippen LogP contribution in [0, 0.1) is 6.92 Å². The monoisotopic (exact) mass is 215 g/mol. The summed E-state index contributed by atoms with van der Waals surface area (Å²) in [6, 6.07) is 5.17. The van der Waals surface area contributed by atoms with Crippen molar-refractivity contribution < 1.29 is 13.5 Å². The Morgan fingerprint density at radius 1 is 1.40 bits per heavy atom. The highest BCUT2D eigenvalue weighted by Gasteiger charge is 2.23. The lowest BCUT2D eigenvalue weighted by molar-refractivity contribution is 0.116. The van der Waals surface area contributed by atoms with Gasteiger partial charge in [-0.15, -0.1) is 0 Å². The van der Waals surface area contributed by atoms with Crippen LogP contribution in [0.25, 0.3) is 0 Å². The second-order valence-electron chi connectivity index (χ2n) is 3.42. The third kappa shape index (κ3) is 2.65. The minimum Gasteiger partial charge on any atom is -0.496 e. The van der Waals surface area contributed by atoms with Crippen molar-refractivity contribution in [3.05, 3.63) is 29.3 Å². The molecule has 0 amide bonds. The summed E-state index contributed by atoms with van der Waals surface area (Å²) in [4.78, 5) is 0. The molecule has 4 heteroatoms. The summed E-state index contributed by atoms with van der Waals surface area (Å²) in [6.07, 6.45) is -2.47. The maximum Gasteiger partial charge on any atom is 0.246 e. The Morgan fingerprint density at radius 3 is 2.53 bits per heavy atom. The summed E-state index contributed by atoms with van der Waals surface area (Å²) in [6.45, 7) is 1.79. The maximum atomic E-state index is 12.7. The predicted molar refractivity (Wildman–Crippen MR) is 55.5 cm³/mol. The van der Waals surface area contributed by atoms with E-state index in [9.17, 15) is 8.78 Å². The van der Waals surface area contributed by atoms with Gasteiger partial charge in [-0.2, -0.15) is 0 Å². The van der Waals surface area contributed by atoms with Crippen LogP contribution in [0.5, 0.6) is 5.75 Å². The molecule has 0 bridgehead atoms.